The first kappa shape index (κ1) is 21.3. The van der Waals surface area contributed by atoms with Crippen LogP contribution >= 0.6 is 12.4 Å². The highest BCUT2D eigenvalue weighted by Gasteiger charge is 2.29. The third-order valence-electron chi connectivity index (χ3n) is 4.15. The molecule has 0 spiro atoms. The van der Waals surface area contributed by atoms with E-state index in [0.29, 0.717) is 19.0 Å². The summed E-state index contributed by atoms with van der Waals surface area (Å²) in [6.45, 7) is 1.83. The van der Waals surface area contributed by atoms with E-state index in [-0.39, 0.29) is 22.2 Å². The molecule has 0 aliphatic carbocycles. The van der Waals surface area contributed by atoms with Crippen LogP contribution < -0.4 is 10.5 Å². The zero-order valence-electron chi connectivity index (χ0n) is 13.5. The van der Waals surface area contributed by atoms with E-state index >= 15 is 0 Å². The predicted molar refractivity (Wildman–Crippen MR) is 95.1 cm³/mol. The van der Waals surface area contributed by atoms with Crippen molar-refractivity contribution in [3.8, 4) is 0 Å². The van der Waals surface area contributed by atoms with Crippen molar-refractivity contribution in [2.75, 3.05) is 26.7 Å². The first-order valence-electron chi connectivity index (χ1n) is 7.53. The van der Waals surface area contributed by atoms with Gasteiger partial charge in [0.15, 0.2) is 0 Å². The number of rotatable bonds is 6. The first-order chi connectivity index (χ1) is 10.7. The van der Waals surface area contributed by atoms with Gasteiger partial charge in [0, 0.05) is 13.1 Å². The lowest BCUT2D eigenvalue weighted by atomic mass is 9.95. The highest BCUT2D eigenvalue weighted by atomic mass is 35.5. The molecule has 10 heteroatoms. The summed E-state index contributed by atoms with van der Waals surface area (Å²) in [5.41, 5.74) is 0. The number of hydrogen-bond donors (Lipinski definition) is 2. The van der Waals surface area contributed by atoms with Crippen LogP contribution in [0.15, 0.2) is 34.1 Å². The fourth-order valence-corrected chi connectivity index (χ4v) is 4.90. The van der Waals surface area contributed by atoms with Crippen LogP contribution in [-0.2, 0) is 20.0 Å². The molecule has 1 fully saturated rings. The maximum atomic E-state index is 12.7. The Hall–Kier alpha value is -0.710. The van der Waals surface area contributed by atoms with E-state index in [0.717, 1.165) is 31.9 Å². The average Bonchev–Trinajstić information content (AvgIpc) is 2.52. The van der Waals surface area contributed by atoms with E-state index < -0.39 is 20.0 Å². The Labute approximate surface area is 150 Å². The molecule has 0 atom stereocenters. The Kier molecular flexibility index (Phi) is 7.64. The summed E-state index contributed by atoms with van der Waals surface area (Å²) in [6, 6.07) is 5.21. The van der Waals surface area contributed by atoms with Gasteiger partial charge in [-0.25, -0.2) is 22.0 Å². The third-order valence-corrected chi connectivity index (χ3v) is 6.95. The summed E-state index contributed by atoms with van der Waals surface area (Å²) < 4.78 is 49.5. The van der Waals surface area contributed by atoms with E-state index in [1.165, 1.54) is 22.5 Å². The van der Waals surface area contributed by atoms with E-state index in [2.05, 4.69) is 5.32 Å². The number of nitrogens with zero attached hydrogens (tertiary/aromatic N) is 1. The third kappa shape index (κ3) is 5.14. The molecule has 0 aromatic heterocycles. The molecule has 7 nitrogen and oxygen atoms in total. The van der Waals surface area contributed by atoms with Gasteiger partial charge in [0.25, 0.3) is 0 Å². The standard InChI is InChI=1S/C14H23N3O4S2.ClH/c1-16-8-5-12-6-9-17(10-7-12)23(20,21)14-4-2-3-13(11-14)22(15,18)19;/h2-4,11-12,16H,5-10H2,1H3,(H2,15,18,19);1H. The number of hydrogen-bond acceptors (Lipinski definition) is 5. The number of halogens is 1. The summed E-state index contributed by atoms with van der Waals surface area (Å²) in [6.07, 6.45) is 2.66. The van der Waals surface area contributed by atoms with Gasteiger partial charge in [0.2, 0.25) is 20.0 Å². The van der Waals surface area contributed by atoms with Gasteiger partial charge in [-0.15, -0.1) is 12.4 Å². The smallest absolute Gasteiger partial charge is 0.243 e. The van der Waals surface area contributed by atoms with Crippen molar-refractivity contribution in [1.82, 2.24) is 9.62 Å². The molecule has 0 amide bonds. The molecule has 0 bridgehead atoms. The normalized spacial score (nSPS) is 17.4. The van der Waals surface area contributed by atoms with E-state index in [4.69, 9.17) is 5.14 Å². The van der Waals surface area contributed by atoms with Gasteiger partial charge in [-0.3, -0.25) is 0 Å². The maximum Gasteiger partial charge on any atom is 0.243 e. The number of primary sulfonamides is 1. The molecule has 1 heterocycles. The fourth-order valence-electron chi connectivity index (χ4n) is 2.75. The Morgan fingerprint density at radius 1 is 1.17 bits per heavy atom. The van der Waals surface area contributed by atoms with Crippen LogP contribution in [0.4, 0.5) is 0 Å². The van der Waals surface area contributed by atoms with Gasteiger partial charge in [0.1, 0.15) is 0 Å². The monoisotopic (exact) mass is 397 g/mol. The lowest BCUT2D eigenvalue weighted by Gasteiger charge is -2.31. The van der Waals surface area contributed by atoms with Gasteiger partial charge < -0.3 is 5.32 Å². The quantitative estimate of drug-likeness (QED) is 0.736. The van der Waals surface area contributed by atoms with Crippen molar-refractivity contribution in [2.45, 2.75) is 29.1 Å². The van der Waals surface area contributed by atoms with Crippen molar-refractivity contribution in [3.05, 3.63) is 24.3 Å². The summed E-state index contributed by atoms with van der Waals surface area (Å²) >= 11 is 0. The zero-order valence-corrected chi connectivity index (χ0v) is 16.0. The van der Waals surface area contributed by atoms with Gasteiger partial charge in [-0.05, 0) is 57.0 Å². The molecule has 0 unspecified atom stereocenters. The SMILES string of the molecule is CNCCC1CCN(S(=O)(=O)c2cccc(S(N)(=O)=O)c2)CC1.Cl. The van der Waals surface area contributed by atoms with E-state index in [1.807, 2.05) is 7.05 Å². The number of nitrogens with one attached hydrogen (secondary N) is 1. The molecule has 24 heavy (non-hydrogen) atoms. The van der Waals surface area contributed by atoms with E-state index in [1.54, 1.807) is 0 Å². The topological polar surface area (TPSA) is 110 Å². The van der Waals surface area contributed by atoms with E-state index in [9.17, 15) is 16.8 Å². The largest absolute Gasteiger partial charge is 0.320 e. The van der Waals surface area contributed by atoms with Crippen LogP contribution in [0.1, 0.15) is 19.3 Å². The lowest BCUT2D eigenvalue weighted by Crippen LogP contribution is -2.39. The molecule has 1 saturated heterocycles. The van der Waals surface area contributed by atoms with Crippen LogP contribution in [0, 0.1) is 5.92 Å². The average molecular weight is 398 g/mol. The van der Waals surface area contributed by atoms with Crippen LogP contribution in [-0.4, -0.2) is 47.8 Å². The minimum Gasteiger partial charge on any atom is -0.320 e. The number of sulfonamides is 2. The minimum absolute atomic E-state index is 0. The maximum absolute atomic E-state index is 12.7. The van der Waals surface area contributed by atoms with Crippen LogP contribution in [0.25, 0.3) is 0 Å². The van der Waals surface area contributed by atoms with Crippen molar-refractivity contribution in [3.63, 3.8) is 0 Å². The molecule has 1 aliphatic heterocycles. The zero-order chi connectivity index (χ0) is 17.1. The summed E-state index contributed by atoms with van der Waals surface area (Å²) in [5, 5.41) is 8.17. The van der Waals surface area contributed by atoms with Gasteiger partial charge in [0.05, 0.1) is 9.79 Å². The molecule has 0 radical (unpaired) electrons. The molecular formula is C14H24ClN3O4S2. The fraction of sp³-hybridized carbons (Fsp3) is 0.571. The molecule has 2 rings (SSSR count). The molecule has 1 aromatic carbocycles. The molecular weight excluding hydrogens is 374 g/mol. The van der Waals surface area contributed by atoms with Crippen LogP contribution in [0.3, 0.4) is 0 Å². The lowest BCUT2D eigenvalue weighted by molar-refractivity contribution is 0.263. The van der Waals surface area contributed by atoms with Gasteiger partial charge in [-0.2, -0.15) is 4.31 Å². The highest BCUT2D eigenvalue weighted by Crippen LogP contribution is 2.26. The molecule has 138 valence electrons. The van der Waals surface area contributed by atoms with Gasteiger partial charge in [-0.1, -0.05) is 6.07 Å². The van der Waals surface area contributed by atoms with Crippen LogP contribution in [0.5, 0.6) is 0 Å². The second-order valence-electron chi connectivity index (χ2n) is 5.76. The number of piperidine rings is 1. The summed E-state index contributed by atoms with van der Waals surface area (Å²) in [4.78, 5) is -0.222. The number of benzene rings is 1. The minimum atomic E-state index is -3.93. The van der Waals surface area contributed by atoms with Crippen molar-refractivity contribution in [2.24, 2.45) is 11.1 Å². The summed E-state index contributed by atoms with van der Waals surface area (Å²) in [5.74, 6) is 0.518. The highest BCUT2D eigenvalue weighted by molar-refractivity contribution is 7.90. The second-order valence-corrected chi connectivity index (χ2v) is 9.26. The first-order valence-corrected chi connectivity index (χ1v) is 10.5. The van der Waals surface area contributed by atoms with Crippen molar-refractivity contribution in [1.29, 1.82) is 0 Å². The molecule has 1 aromatic rings. The Balaban J connectivity index is 0.00000288. The molecule has 0 saturated carbocycles. The number of nitrogens with two attached hydrogens (primary N) is 1. The second kappa shape index (κ2) is 8.59. The predicted octanol–water partition coefficient (Wildman–Crippen LogP) is 0.766. The Morgan fingerprint density at radius 2 is 1.75 bits per heavy atom. The van der Waals surface area contributed by atoms with Crippen molar-refractivity contribution < 1.29 is 16.8 Å². The molecule has 1 aliphatic rings. The van der Waals surface area contributed by atoms with Crippen LogP contribution in [0.2, 0.25) is 0 Å². The van der Waals surface area contributed by atoms with Gasteiger partial charge >= 0.3 is 0 Å². The Bertz CT molecular complexity index is 745. The van der Waals surface area contributed by atoms with Crippen molar-refractivity contribution >= 4 is 32.5 Å². The molecule has 3 N–H and O–H groups in total. The summed E-state index contributed by atoms with van der Waals surface area (Å²) in [7, 11) is -5.72. The Morgan fingerprint density at radius 3 is 2.29 bits per heavy atom.